The molecule has 0 aromatic heterocycles. The Morgan fingerprint density at radius 1 is 1.33 bits per heavy atom. The van der Waals surface area contributed by atoms with E-state index < -0.39 is 12.0 Å². The van der Waals surface area contributed by atoms with Crippen molar-refractivity contribution in [2.45, 2.75) is 33.7 Å². The van der Waals surface area contributed by atoms with Crippen molar-refractivity contribution < 1.29 is 23.8 Å². The number of allylic oxidation sites excluding steroid dienone is 1. The molecule has 7 nitrogen and oxygen atoms in total. The fourth-order valence-corrected chi connectivity index (χ4v) is 3.30. The molecular weight excluding hydrogens is 416 g/mol. The zero-order chi connectivity index (χ0) is 20.1. The minimum atomic E-state index is -0.667. The summed E-state index contributed by atoms with van der Waals surface area (Å²) < 4.78 is 17.1. The van der Waals surface area contributed by atoms with Gasteiger partial charge in [-0.05, 0) is 53.4 Å². The van der Waals surface area contributed by atoms with Crippen LogP contribution in [0.5, 0.6) is 11.5 Å². The minimum absolute atomic E-state index is 0.208. The molecule has 0 saturated carbocycles. The second-order valence-corrected chi connectivity index (χ2v) is 7.38. The van der Waals surface area contributed by atoms with Gasteiger partial charge in [-0.1, -0.05) is 13.8 Å². The number of carbonyl (C=O) groups is 2. The van der Waals surface area contributed by atoms with E-state index in [1.54, 1.807) is 19.1 Å². The van der Waals surface area contributed by atoms with Gasteiger partial charge in [-0.25, -0.2) is 9.59 Å². The number of benzene rings is 1. The van der Waals surface area contributed by atoms with Crippen molar-refractivity contribution >= 4 is 27.9 Å². The van der Waals surface area contributed by atoms with Crippen LogP contribution in [0.4, 0.5) is 4.79 Å². The second-order valence-electron chi connectivity index (χ2n) is 6.53. The summed E-state index contributed by atoms with van der Waals surface area (Å²) in [6.07, 6.45) is 0. The van der Waals surface area contributed by atoms with Crippen LogP contribution in [0.25, 0.3) is 0 Å². The van der Waals surface area contributed by atoms with E-state index >= 15 is 0 Å². The van der Waals surface area contributed by atoms with Gasteiger partial charge in [0, 0.05) is 5.70 Å². The standard InChI is InChI=1S/C19H25BrN2O5/c1-6-26-17-13(20)7-12(8-14(17)25-5)16-15(11(4)21-19(24)22-16)18(23)27-9-10(2)3/h7-8,10,16H,6,9H2,1-5H3,(H2,21,22,24). The van der Waals surface area contributed by atoms with Gasteiger partial charge in [-0.15, -0.1) is 0 Å². The van der Waals surface area contributed by atoms with Crippen LogP contribution in [-0.2, 0) is 9.53 Å². The predicted molar refractivity (Wildman–Crippen MR) is 105 cm³/mol. The number of nitrogens with one attached hydrogen (secondary N) is 2. The molecule has 2 amide bonds. The molecule has 1 aliphatic heterocycles. The molecule has 0 radical (unpaired) electrons. The topological polar surface area (TPSA) is 85.9 Å². The molecular formula is C19H25BrN2O5. The number of hydrogen-bond donors (Lipinski definition) is 2. The van der Waals surface area contributed by atoms with E-state index in [0.717, 1.165) is 0 Å². The minimum Gasteiger partial charge on any atom is -0.493 e. The number of amides is 2. The lowest BCUT2D eigenvalue weighted by atomic mass is 9.95. The average Bonchev–Trinajstić information content (AvgIpc) is 2.60. The van der Waals surface area contributed by atoms with Crippen LogP contribution in [0.3, 0.4) is 0 Å². The Morgan fingerprint density at radius 3 is 2.63 bits per heavy atom. The SMILES string of the molecule is CCOc1c(Br)cc(C2NC(=O)NC(C)=C2C(=O)OCC(C)C)cc1OC. The van der Waals surface area contributed by atoms with Crippen molar-refractivity contribution in [3.05, 3.63) is 33.4 Å². The van der Waals surface area contributed by atoms with Crippen LogP contribution >= 0.6 is 15.9 Å². The third-order valence-corrected chi connectivity index (χ3v) is 4.50. The highest BCUT2D eigenvalue weighted by molar-refractivity contribution is 9.10. The lowest BCUT2D eigenvalue weighted by Gasteiger charge is -2.29. The Hall–Kier alpha value is -2.22. The molecule has 1 unspecified atom stereocenters. The van der Waals surface area contributed by atoms with Gasteiger partial charge in [0.05, 0.1) is 36.4 Å². The number of halogens is 1. The Bertz CT molecular complexity index is 761. The summed E-state index contributed by atoms with van der Waals surface area (Å²) in [7, 11) is 1.54. The van der Waals surface area contributed by atoms with Crippen LogP contribution in [0, 0.1) is 5.92 Å². The predicted octanol–water partition coefficient (Wildman–Crippen LogP) is 3.68. The number of hydrogen-bond acceptors (Lipinski definition) is 5. The van der Waals surface area contributed by atoms with E-state index in [1.807, 2.05) is 20.8 Å². The number of carbonyl (C=O) groups excluding carboxylic acids is 2. The van der Waals surface area contributed by atoms with Gasteiger partial charge in [-0.3, -0.25) is 0 Å². The first-order valence-corrected chi connectivity index (χ1v) is 9.53. The van der Waals surface area contributed by atoms with Gasteiger partial charge in [0.25, 0.3) is 0 Å². The van der Waals surface area contributed by atoms with Gasteiger partial charge in [0.2, 0.25) is 0 Å². The van der Waals surface area contributed by atoms with Crippen molar-refractivity contribution in [3.63, 3.8) is 0 Å². The van der Waals surface area contributed by atoms with Crippen LogP contribution < -0.4 is 20.1 Å². The van der Waals surface area contributed by atoms with Crippen LogP contribution in [0.1, 0.15) is 39.3 Å². The van der Waals surface area contributed by atoms with Crippen molar-refractivity contribution in [1.29, 1.82) is 0 Å². The van der Waals surface area contributed by atoms with Gasteiger partial charge >= 0.3 is 12.0 Å². The normalized spacial score (nSPS) is 16.7. The summed E-state index contributed by atoms with van der Waals surface area (Å²) in [4.78, 5) is 24.7. The van der Waals surface area contributed by atoms with Gasteiger partial charge < -0.3 is 24.8 Å². The molecule has 27 heavy (non-hydrogen) atoms. The summed E-state index contributed by atoms with van der Waals surface area (Å²) in [5, 5.41) is 5.42. The lowest BCUT2D eigenvalue weighted by molar-refractivity contribution is -0.140. The van der Waals surface area contributed by atoms with E-state index in [4.69, 9.17) is 14.2 Å². The van der Waals surface area contributed by atoms with E-state index in [-0.39, 0.29) is 11.9 Å². The second kappa shape index (κ2) is 9.12. The van der Waals surface area contributed by atoms with E-state index in [2.05, 4.69) is 26.6 Å². The molecule has 0 spiro atoms. The monoisotopic (exact) mass is 440 g/mol. The molecule has 8 heteroatoms. The molecule has 2 rings (SSSR count). The Balaban J connectivity index is 2.47. The van der Waals surface area contributed by atoms with Crippen LogP contribution in [0.2, 0.25) is 0 Å². The van der Waals surface area contributed by atoms with Crippen molar-refractivity contribution in [1.82, 2.24) is 10.6 Å². The van der Waals surface area contributed by atoms with Crippen LogP contribution in [-0.4, -0.2) is 32.3 Å². The quantitative estimate of drug-likeness (QED) is 0.631. The van der Waals surface area contributed by atoms with Gasteiger partial charge in [0.15, 0.2) is 11.5 Å². The van der Waals surface area contributed by atoms with Crippen molar-refractivity contribution in [3.8, 4) is 11.5 Å². The molecule has 0 aliphatic carbocycles. The molecule has 2 N–H and O–H groups in total. The number of rotatable bonds is 7. The summed E-state index contributed by atoms with van der Waals surface area (Å²) in [6, 6.07) is 2.49. The maximum Gasteiger partial charge on any atom is 0.338 e. The van der Waals surface area contributed by atoms with E-state index in [0.29, 0.717) is 46.0 Å². The van der Waals surface area contributed by atoms with Gasteiger partial charge in [-0.2, -0.15) is 0 Å². The summed E-state index contributed by atoms with van der Waals surface area (Å²) >= 11 is 3.48. The number of urea groups is 1. The number of esters is 1. The largest absolute Gasteiger partial charge is 0.493 e. The smallest absolute Gasteiger partial charge is 0.338 e. The Labute approximate surface area is 167 Å². The zero-order valence-electron chi connectivity index (χ0n) is 16.1. The van der Waals surface area contributed by atoms with E-state index in [9.17, 15) is 9.59 Å². The summed E-state index contributed by atoms with van der Waals surface area (Å²) in [5.74, 6) is 0.803. The first kappa shape index (κ1) is 21.1. The summed E-state index contributed by atoms with van der Waals surface area (Å²) in [5.41, 5.74) is 1.49. The highest BCUT2D eigenvalue weighted by atomic mass is 79.9. The number of methoxy groups -OCH3 is 1. The van der Waals surface area contributed by atoms with Gasteiger partial charge in [0.1, 0.15) is 0 Å². The summed E-state index contributed by atoms with van der Waals surface area (Å²) in [6.45, 7) is 8.25. The fraction of sp³-hybridized carbons (Fsp3) is 0.474. The molecule has 0 fully saturated rings. The molecule has 1 heterocycles. The first-order chi connectivity index (χ1) is 12.8. The molecule has 0 saturated heterocycles. The van der Waals surface area contributed by atoms with Crippen LogP contribution in [0.15, 0.2) is 27.9 Å². The molecule has 1 aromatic carbocycles. The molecule has 1 aromatic rings. The number of ether oxygens (including phenoxy) is 3. The Kier molecular flexibility index (Phi) is 7.12. The molecule has 0 bridgehead atoms. The maximum absolute atomic E-state index is 12.7. The molecule has 1 atom stereocenters. The lowest BCUT2D eigenvalue weighted by Crippen LogP contribution is -2.45. The third-order valence-electron chi connectivity index (χ3n) is 3.91. The molecule has 1 aliphatic rings. The zero-order valence-corrected chi connectivity index (χ0v) is 17.7. The van der Waals surface area contributed by atoms with Crippen molar-refractivity contribution in [2.75, 3.05) is 20.3 Å². The molecule has 148 valence electrons. The third kappa shape index (κ3) is 4.94. The highest BCUT2D eigenvalue weighted by Gasteiger charge is 2.33. The highest BCUT2D eigenvalue weighted by Crippen LogP contribution is 2.40. The Morgan fingerprint density at radius 2 is 2.04 bits per heavy atom. The van der Waals surface area contributed by atoms with Crippen molar-refractivity contribution in [2.24, 2.45) is 5.92 Å². The average molecular weight is 441 g/mol. The first-order valence-electron chi connectivity index (χ1n) is 8.74. The van der Waals surface area contributed by atoms with E-state index in [1.165, 1.54) is 7.11 Å². The maximum atomic E-state index is 12.7. The fourth-order valence-electron chi connectivity index (χ4n) is 2.73.